The SMILES string of the molecule is [2H]c1c([2H])c([2H])c(-c2c([2H])c([2H])c3oc4c([2H])c([2H])c([2H])c([2H])c4c3c2-c2c3ccccc3c(-c3ccc(-c4ccccc4)cc3)c3ccccc23)c([2H])c1[2H]. The predicted molar refractivity (Wildman–Crippen MR) is 190 cm³/mol. The zero-order valence-corrected chi connectivity index (χ0v) is 23.7. The van der Waals surface area contributed by atoms with E-state index in [1.165, 1.54) is 0 Å². The molecule has 0 bridgehead atoms. The first-order valence-electron chi connectivity index (χ1n) is 20.0. The molecule has 0 radical (unpaired) electrons. The second kappa shape index (κ2) is 10.4. The minimum absolute atomic E-state index is 0.0446. The minimum Gasteiger partial charge on any atom is -0.456 e. The van der Waals surface area contributed by atoms with Gasteiger partial charge in [0.15, 0.2) is 0 Å². The van der Waals surface area contributed by atoms with E-state index in [4.69, 9.17) is 16.8 Å². The van der Waals surface area contributed by atoms with Gasteiger partial charge in [-0.2, -0.15) is 0 Å². The molecule has 0 spiro atoms. The fourth-order valence-electron chi connectivity index (χ4n) is 6.43. The Balaban J connectivity index is 1.52. The van der Waals surface area contributed by atoms with Crippen LogP contribution in [0.15, 0.2) is 174 Å². The van der Waals surface area contributed by atoms with Crippen LogP contribution in [0.2, 0.25) is 0 Å². The van der Waals surface area contributed by atoms with Crippen molar-refractivity contribution in [1.82, 2.24) is 0 Å². The highest BCUT2D eigenvalue weighted by Crippen LogP contribution is 2.50. The Morgan fingerprint density at radius 2 is 0.911 bits per heavy atom. The fraction of sp³-hybridized carbons (Fsp3) is 0. The standard InChI is InChI=1S/C44H28O/c1-3-13-29(14-4-1)30-23-25-32(26-24-30)41-34-17-7-9-19-36(34)42(37-20-10-8-18-35(37)41)44-33(31-15-5-2-6-16-31)27-28-40-43(44)38-21-11-12-22-39(38)45-40/h1-28H/i2D,5D,6D,11D,12D,15D,16D,21D,22D,27D,28D. The summed E-state index contributed by atoms with van der Waals surface area (Å²) in [6.07, 6.45) is 0. The molecule has 45 heavy (non-hydrogen) atoms. The van der Waals surface area contributed by atoms with Gasteiger partial charge in [-0.25, -0.2) is 0 Å². The summed E-state index contributed by atoms with van der Waals surface area (Å²) in [7, 11) is 0. The fourth-order valence-corrected chi connectivity index (χ4v) is 6.43. The molecule has 1 heteroatoms. The summed E-state index contributed by atoms with van der Waals surface area (Å²) < 4.78 is 103. The van der Waals surface area contributed by atoms with Crippen LogP contribution in [-0.2, 0) is 0 Å². The minimum atomic E-state index is -0.624. The Morgan fingerprint density at radius 3 is 1.60 bits per heavy atom. The molecule has 0 atom stereocenters. The summed E-state index contributed by atoms with van der Waals surface area (Å²) in [6.45, 7) is 0. The van der Waals surface area contributed by atoms with Crippen molar-refractivity contribution in [3.05, 3.63) is 170 Å². The highest BCUT2D eigenvalue weighted by atomic mass is 16.3. The first kappa shape index (κ1) is 16.8. The number of benzene rings is 8. The zero-order valence-electron chi connectivity index (χ0n) is 34.7. The van der Waals surface area contributed by atoms with E-state index >= 15 is 0 Å². The molecule has 0 N–H and O–H groups in total. The number of fused-ring (bicyclic) bond motifs is 5. The summed E-state index contributed by atoms with van der Waals surface area (Å²) in [4.78, 5) is 0. The van der Waals surface area contributed by atoms with Crippen molar-refractivity contribution < 1.29 is 19.5 Å². The molecule has 0 saturated heterocycles. The molecule has 1 heterocycles. The van der Waals surface area contributed by atoms with Gasteiger partial charge in [0.25, 0.3) is 0 Å². The molecule has 1 nitrogen and oxygen atoms in total. The summed E-state index contributed by atoms with van der Waals surface area (Å²) in [5.74, 6) is 0. The maximum atomic E-state index is 9.49. The Hall–Kier alpha value is -5.92. The van der Waals surface area contributed by atoms with Gasteiger partial charge >= 0.3 is 0 Å². The highest BCUT2D eigenvalue weighted by molar-refractivity contribution is 6.27. The lowest BCUT2D eigenvalue weighted by molar-refractivity contribution is 0.669. The molecule has 8 aromatic carbocycles. The second-order valence-corrected chi connectivity index (χ2v) is 10.8. The van der Waals surface area contributed by atoms with Gasteiger partial charge in [0, 0.05) is 16.3 Å². The van der Waals surface area contributed by atoms with Crippen LogP contribution in [0.1, 0.15) is 15.1 Å². The lowest BCUT2D eigenvalue weighted by Gasteiger charge is -2.20. The number of para-hydroxylation sites is 1. The van der Waals surface area contributed by atoms with Gasteiger partial charge in [0.05, 0.1) is 15.1 Å². The number of hydrogen-bond acceptors (Lipinski definition) is 1. The lowest BCUT2D eigenvalue weighted by Crippen LogP contribution is -1.93. The molecular formula is C44H28O. The third-order valence-electron chi connectivity index (χ3n) is 8.35. The Kier molecular flexibility index (Phi) is 3.87. The topological polar surface area (TPSA) is 13.1 Å². The van der Waals surface area contributed by atoms with Crippen molar-refractivity contribution in [2.75, 3.05) is 0 Å². The first-order chi connectivity index (χ1) is 26.9. The molecule has 0 saturated carbocycles. The summed E-state index contributed by atoms with van der Waals surface area (Å²) in [5.41, 5.74) is 3.72. The van der Waals surface area contributed by atoms with E-state index in [0.29, 0.717) is 16.3 Å². The van der Waals surface area contributed by atoms with Crippen LogP contribution in [0.4, 0.5) is 0 Å². The second-order valence-electron chi connectivity index (χ2n) is 10.8. The van der Waals surface area contributed by atoms with Crippen molar-refractivity contribution >= 4 is 43.5 Å². The summed E-state index contributed by atoms with van der Waals surface area (Å²) >= 11 is 0. The molecule has 0 aliphatic rings. The Bertz CT molecular complexity index is 3050. The van der Waals surface area contributed by atoms with Gasteiger partial charge in [-0.15, -0.1) is 0 Å². The molecular weight excluding hydrogens is 544 g/mol. The van der Waals surface area contributed by atoms with Gasteiger partial charge in [-0.05, 0) is 72.6 Å². The van der Waals surface area contributed by atoms with Crippen LogP contribution in [-0.4, -0.2) is 0 Å². The van der Waals surface area contributed by atoms with Crippen LogP contribution in [0.25, 0.3) is 88.0 Å². The quantitative estimate of drug-likeness (QED) is 0.188. The number of rotatable bonds is 4. The van der Waals surface area contributed by atoms with Crippen LogP contribution < -0.4 is 0 Å². The van der Waals surface area contributed by atoms with Crippen molar-refractivity contribution in [3.8, 4) is 44.5 Å². The molecule has 0 aliphatic carbocycles. The van der Waals surface area contributed by atoms with Crippen molar-refractivity contribution in [2.45, 2.75) is 0 Å². The zero-order chi connectivity index (χ0) is 39.3. The monoisotopic (exact) mass is 583 g/mol. The van der Waals surface area contributed by atoms with Gasteiger partial charge in [-0.3, -0.25) is 0 Å². The Morgan fingerprint density at radius 1 is 0.356 bits per heavy atom. The average Bonchev–Trinajstić information content (AvgIpc) is 3.63. The maximum Gasteiger partial charge on any atom is 0.136 e. The van der Waals surface area contributed by atoms with E-state index in [9.17, 15) is 2.74 Å². The van der Waals surface area contributed by atoms with Crippen molar-refractivity contribution in [2.24, 2.45) is 0 Å². The van der Waals surface area contributed by atoms with E-state index in [0.717, 1.165) is 33.0 Å². The van der Waals surface area contributed by atoms with Gasteiger partial charge in [-0.1, -0.05) is 158 Å². The molecule has 9 rings (SSSR count). The van der Waals surface area contributed by atoms with Crippen LogP contribution in [0.5, 0.6) is 0 Å². The van der Waals surface area contributed by atoms with Gasteiger partial charge in [0.1, 0.15) is 11.2 Å². The molecule has 210 valence electrons. The van der Waals surface area contributed by atoms with Gasteiger partial charge in [0.2, 0.25) is 0 Å². The third kappa shape index (κ3) is 4.09. The molecule has 1 aromatic heterocycles. The third-order valence-corrected chi connectivity index (χ3v) is 8.35. The maximum absolute atomic E-state index is 9.49. The number of furan rings is 1. The molecule has 0 fully saturated rings. The van der Waals surface area contributed by atoms with Crippen LogP contribution in [0, 0.1) is 0 Å². The lowest BCUT2D eigenvalue weighted by atomic mass is 9.82. The normalized spacial score (nSPS) is 15.0. The summed E-state index contributed by atoms with van der Waals surface area (Å²) in [5, 5.41) is 2.95. The van der Waals surface area contributed by atoms with E-state index in [2.05, 4.69) is 24.3 Å². The van der Waals surface area contributed by atoms with E-state index < -0.39 is 66.5 Å². The molecule has 0 amide bonds. The molecule has 0 aliphatic heterocycles. The van der Waals surface area contributed by atoms with Crippen LogP contribution >= 0.6 is 0 Å². The van der Waals surface area contributed by atoms with E-state index in [1.54, 1.807) is 0 Å². The highest BCUT2D eigenvalue weighted by Gasteiger charge is 2.23. The smallest absolute Gasteiger partial charge is 0.136 e. The van der Waals surface area contributed by atoms with E-state index in [1.807, 2.05) is 78.9 Å². The largest absolute Gasteiger partial charge is 0.456 e. The predicted octanol–water partition coefficient (Wildman–Crippen LogP) is 12.6. The van der Waals surface area contributed by atoms with Crippen molar-refractivity contribution in [1.29, 1.82) is 0 Å². The molecule has 9 aromatic rings. The number of hydrogen-bond donors (Lipinski definition) is 0. The first-order valence-corrected chi connectivity index (χ1v) is 14.5. The van der Waals surface area contributed by atoms with E-state index in [-0.39, 0.29) is 38.6 Å². The van der Waals surface area contributed by atoms with Crippen molar-refractivity contribution in [3.63, 3.8) is 0 Å². The molecule has 0 unspecified atom stereocenters. The average molecular weight is 584 g/mol. The van der Waals surface area contributed by atoms with Gasteiger partial charge < -0.3 is 4.42 Å². The van der Waals surface area contributed by atoms with Crippen LogP contribution in [0.3, 0.4) is 0 Å². The Labute approximate surface area is 277 Å². The summed E-state index contributed by atoms with van der Waals surface area (Å²) in [6, 6.07) is 27.5.